The Morgan fingerprint density at radius 2 is 1.50 bits per heavy atom. The number of benzene rings is 3. The van der Waals surface area contributed by atoms with Gasteiger partial charge in [-0.05, 0) is 24.6 Å². The summed E-state index contributed by atoms with van der Waals surface area (Å²) in [5.74, 6) is -1.17. The topological polar surface area (TPSA) is 91.4 Å². The van der Waals surface area contributed by atoms with Crippen LogP contribution in [0, 0.1) is 5.41 Å². The number of carbonyl (C=O) groups is 3. The molecule has 204 valence electrons. The van der Waals surface area contributed by atoms with Gasteiger partial charge in [0, 0.05) is 28.3 Å². The lowest BCUT2D eigenvalue weighted by Gasteiger charge is -2.36. The molecule has 2 aliphatic heterocycles. The minimum Gasteiger partial charge on any atom is -0.493 e. The van der Waals surface area contributed by atoms with Crippen molar-refractivity contribution in [3.05, 3.63) is 89.0 Å². The number of anilines is 1. The van der Waals surface area contributed by atoms with E-state index >= 15 is 0 Å². The van der Waals surface area contributed by atoms with Gasteiger partial charge in [-0.3, -0.25) is 9.59 Å². The molecule has 1 spiro atoms. The van der Waals surface area contributed by atoms with E-state index in [1.54, 1.807) is 43.3 Å². The van der Waals surface area contributed by atoms with E-state index in [0.29, 0.717) is 28.2 Å². The highest BCUT2D eigenvalue weighted by molar-refractivity contribution is 6.32. The third-order valence-corrected chi connectivity index (χ3v) is 8.31. The number of ketones is 2. The number of rotatable bonds is 6. The molecule has 0 aromatic heterocycles. The van der Waals surface area contributed by atoms with Crippen LogP contribution in [0.3, 0.4) is 0 Å². The number of carbonyl (C=O) groups excluding carboxylic acids is 3. The largest absolute Gasteiger partial charge is 0.493 e. The van der Waals surface area contributed by atoms with Crippen molar-refractivity contribution in [3.8, 4) is 17.2 Å². The molecule has 8 nitrogen and oxygen atoms in total. The Bertz CT molecular complexity index is 1540. The summed E-state index contributed by atoms with van der Waals surface area (Å²) in [6.07, 6.45) is 3.78. The summed E-state index contributed by atoms with van der Waals surface area (Å²) >= 11 is 0. The first-order valence-electron chi connectivity index (χ1n) is 13.1. The van der Waals surface area contributed by atoms with Crippen LogP contribution in [0.4, 0.5) is 5.69 Å². The fourth-order valence-corrected chi connectivity index (χ4v) is 6.83. The van der Waals surface area contributed by atoms with Crippen LogP contribution in [-0.2, 0) is 9.53 Å². The van der Waals surface area contributed by atoms with Gasteiger partial charge < -0.3 is 23.8 Å². The summed E-state index contributed by atoms with van der Waals surface area (Å²) < 4.78 is 22.7. The van der Waals surface area contributed by atoms with Gasteiger partial charge in [0.25, 0.3) is 0 Å². The summed E-state index contributed by atoms with van der Waals surface area (Å²) in [5.41, 5.74) is 1.11. The molecule has 0 bridgehead atoms. The normalized spacial score (nSPS) is 21.6. The van der Waals surface area contributed by atoms with E-state index in [-0.39, 0.29) is 23.9 Å². The molecule has 1 fully saturated rings. The fraction of sp³-hybridized carbons (Fsp3) is 0.281. The van der Waals surface area contributed by atoms with Crippen LogP contribution in [0.25, 0.3) is 6.08 Å². The molecule has 6 rings (SSSR count). The summed E-state index contributed by atoms with van der Waals surface area (Å²) in [6, 6.07) is 16.1. The van der Waals surface area contributed by atoms with Gasteiger partial charge in [0.05, 0.1) is 34.0 Å². The maximum atomic E-state index is 14.7. The van der Waals surface area contributed by atoms with Crippen molar-refractivity contribution < 1.29 is 33.3 Å². The van der Waals surface area contributed by atoms with Gasteiger partial charge in [-0.1, -0.05) is 60.7 Å². The summed E-state index contributed by atoms with van der Waals surface area (Å²) in [5, 5.41) is 0. The van der Waals surface area contributed by atoms with Gasteiger partial charge >= 0.3 is 5.97 Å². The van der Waals surface area contributed by atoms with Crippen LogP contribution in [0.2, 0.25) is 0 Å². The SMILES string of the molecule is CCOC(=O)[C@@H]1[C@@H](c2ccc(OC)c(OC)c2OC)C2(C(=O)c3ccccc3C2=O)[C@@H]2C=Cc3ccccc3N12. The highest BCUT2D eigenvalue weighted by Crippen LogP contribution is 2.62. The minimum absolute atomic E-state index is 0.135. The predicted octanol–water partition coefficient (Wildman–Crippen LogP) is 4.71. The van der Waals surface area contributed by atoms with E-state index in [1.807, 2.05) is 41.3 Å². The van der Waals surface area contributed by atoms with Crippen molar-refractivity contribution in [1.29, 1.82) is 0 Å². The second-order valence-corrected chi connectivity index (χ2v) is 9.94. The molecular weight excluding hydrogens is 510 g/mol. The smallest absolute Gasteiger partial charge is 0.329 e. The molecule has 3 aliphatic rings. The highest BCUT2D eigenvalue weighted by atomic mass is 16.5. The van der Waals surface area contributed by atoms with Gasteiger partial charge in [-0.2, -0.15) is 0 Å². The molecule has 3 aromatic rings. The zero-order chi connectivity index (χ0) is 28.2. The number of hydrogen-bond acceptors (Lipinski definition) is 8. The number of esters is 1. The zero-order valence-electron chi connectivity index (χ0n) is 22.7. The standard InChI is InChI=1S/C32H29NO7/c1-5-40-31(36)26-25(21-15-16-23(37-2)28(39-4)27(21)38-3)32(29(34)19-11-7-8-12-20(19)30(32)35)24-17-14-18-10-6-9-13-22(18)33(24)26/h6-17,24-26H,5H2,1-4H3/t24-,25+,26-/m0/s1. The van der Waals surface area contributed by atoms with Gasteiger partial charge in [0.2, 0.25) is 5.75 Å². The molecule has 3 atom stereocenters. The molecule has 0 amide bonds. The van der Waals surface area contributed by atoms with Gasteiger partial charge in [0.15, 0.2) is 23.1 Å². The fourth-order valence-electron chi connectivity index (χ4n) is 6.83. The van der Waals surface area contributed by atoms with E-state index in [2.05, 4.69) is 0 Å². The number of fused-ring (bicyclic) bond motifs is 5. The van der Waals surface area contributed by atoms with E-state index < -0.39 is 29.4 Å². The second kappa shape index (κ2) is 9.55. The summed E-state index contributed by atoms with van der Waals surface area (Å²) in [4.78, 5) is 45.2. The number of nitrogens with zero attached hydrogens (tertiary/aromatic N) is 1. The minimum atomic E-state index is -1.67. The maximum absolute atomic E-state index is 14.7. The Hall–Kier alpha value is -4.59. The molecule has 1 saturated heterocycles. The van der Waals surface area contributed by atoms with Crippen molar-refractivity contribution in [2.75, 3.05) is 32.8 Å². The molecule has 3 aromatic carbocycles. The monoisotopic (exact) mass is 539 g/mol. The second-order valence-electron chi connectivity index (χ2n) is 9.94. The summed E-state index contributed by atoms with van der Waals surface area (Å²) in [6.45, 7) is 1.87. The molecular formula is C32H29NO7. The Morgan fingerprint density at radius 3 is 2.12 bits per heavy atom. The molecule has 0 saturated carbocycles. The van der Waals surface area contributed by atoms with Crippen LogP contribution < -0.4 is 19.1 Å². The first-order chi connectivity index (χ1) is 19.4. The highest BCUT2D eigenvalue weighted by Gasteiger charge is 2.72. The average Bonchev–Trinajstić information content (AvgIpc) is 3.42. The first-order valence-corrected chi connectivity index (χ1v) is 13.1. The number of para-hydroxylation sites is 1. The maximum Gasteiger partial charge on any atom is 0.329 e. The first kappa shape index (κ1) is 25.7. The number of ether oxygens (including phenoxy) is 4. The lowest BCUT2D eigenvalue weighted by atomic mass is 9.64. The lowest BCUT2D eigenvalue weighted by molar-refractivity contribution is -0.145. The summed E-state index contributed by atoms with van der Waals surface area (Å²) in [7, 11) is 4.48. The molecule has 8 heteroatoms. The predicted molar refractivity (Wildman–Crippen MR) is 149 cm³/mol. The van der Waals surface area contributed by atoms with E-state index in [4.69, 9.17) is 18.9 Å². The average molecular weight is 540 g/mol. The van der Waals surface area contributed by atoms with Crippen LogP contribution in [0.15, 0.2) is 66.7 Å². The Labute approximate surface area is 232 Å². The Morgan fingerprint density at radius 1 is 0.850 bits per heavy atom. The van der Waals surface area contributed by atoms with E-state index in [1.165, 1.54) is 21.3 Å². The van der Waals surface area contributed by atoms with E-state index in [0.717, 1.165) is 11.3 Å². The molecule has 2 heterocycles. The van der Waals surface area contributed by atoms with Crippen molar-refractivity contribution >= 4 is 29.3 Å². The van der Waals surface area contributed by atoms with Crippen molar-refractivity contribution in [2.45, 2.75) is 24.9 Å². The quantitative estimate of drug-likeness (QED) is 0.329. The lowest BCUT2D eigenvalue weighted by Crippen LogP contribution is -2.48. The molecule has 0 radical (unpaired) electrons. The molecule has 0 N–H and O–H groups in total. The Kier molecular flexibility index (Phi) is 6.13. The Balaban J connectivity index is 1.72. The van der Waals surface area contributed by atoms with Crippen LogP contribution in [-0.4, -0.2) is 57.6 Å². The number of hydrogen-bond donors (Lipinski definition) is 0. The van der Waals surface area contributed by atoms with Gasteiger partial charge in [0.1, 0.15) is 11.5 Å². The zero-order valence-corrected chi connectivity index (χ0v) is 22.7. The van der Waals surface area contributed by atoms with Crippen molar-refractivity contribution in [2.24, 2.45) is 5.41 Å². The van der Waals surface area contributed by atoms with Crippen LogP contribution in [0.5, 0.6) is 17.2 Å². The van der Waals surface area contributed by atoms with Crippen molar-refractivity contribution in [3.63, 3.8) is 0 Å². The number of methoxy groups -OCH3 is 3. The van der Waals surface area contributed by atoms with Crippen LogP contribution in [0.1, 0.15) is 44.7 Å². The number of Topliss-reactive ketones (excluding diaryl/α,β-unsaturated/α-hetero) is 2. The molecule has 40 heavy (non-hydrogen) atoms. The molecule has 0 unspecified atom stereocenters. The third kappa shape index (κ3) is 3.22. The van der Waals surface area contributed by atoms with Gasteiger partial charge in [-0.25, -0.2) is 4.79 Å². The third-order valence-electron chi connectivity index (χ3n) is 8.31. The van der Waals surface area contributed by atoms with Crippen LogP contribution >= 0.6 is 0 Å². The van der Waals surface area contributed by atoms with Gasteiger partial charge in [-0.15, -0.1) is 0 Å². The van der Waals surface area contributed by atoms with E-state index in [9.17, 15) is 14.4 Å². The molecule has 1 aliphatic carbocycles. The van der Waals surface area contributed by atoms with Crippen molar-refractivity contribution in [1.82, 2.24) is 0 Å².